The molecule has 1 fully saturated rings. The number of esters is 1. The summed E-state index contributed by atoms with van der Waals surface area (Å²) in [5, 5.41) is 5.93. The van der Waals surface area contributed by atoms with Crippen molar-refractivity contribution in [3.05, 3.63) is 0 Å². The molecule has 74 valence electrons. The van der Waals surface area contributed by atoms with Crippen LogP contribution in [0.1, 0.15) is 0 Å². The van der Waals surface area contributed by atoms with Gasteiger partial charge in [-0.05, 0) is 7.05 Å². The van der Waals surface area contributed by atoms with E-state index >= 15 is 0 Å². The van der Waals surface area contributed by atoms with Crippen molar-refractivity contribution in [2.45, 2.75) is 5.54 Å². The van der Waals surface area contributed by atoms with Gasteiger partial charge in [-0.15, -0.1) is 24.8 Å². The van der Waals surface area contributed by atoms with Crippen LogP contribution in [0.5, 0.6) is 0 Å². The van der Waals surface area contributed by atoms with Crippen molar-refractivity contribution in [2.75, 3.05) is 27.2 Å². The first-order chi connectivity index (χ1) is 4.75. The number of halogens is 2. The average molecular weight is 217 g/mol. The van der Waals surface area contributed by atoms with E-state index in [4.69, 9.17) is 0 Å². The Morgan fingerprint density at radius 2 is 2.00 bits per heavy atom. The van der Waals surface area contributed by atoms with E-state index in [0.29, 0.717) is 13.1 Å². The van der Waals surface area contributed by atoms with Gasteiger partial charge in [-0.3, -0.25) is 0 Å². The molecule has 1 saturated heterocycles. The third-order valence-electron chi connectivity index (χ3n) is 1.91. The minimum Gasteiger partial charge on any atom is -0.468 e. The maximum Gasteiger partial charge on any atom is 0.328 e. The summed E-state index contributed by atoms with van der Waals surface area (Å²) in [6, 6.07) is 0. The van der Waals surface area contributed by atoms with Crippen molar-refractivity contribution in [1.29, 1.82) is 0 Å². The molecule has 1 heterocycles. The number of rotatable bonds is 2. The highest BCUT2D eigenvalue weighted by Crippen LogP contribution is 2.11. The molecule has 1 rings (SSSR count). The summed E-state index contributed by atoms with van der Waals surface area (Å²) < 4.78 is 4.61. The SMILES string of the molecule is CNC1(C(=O)OC)CNC1.Cl.Cl. The summed E-state index contributed by atoms with van der Waals surface area (Å²) in [5.41, 5.74) is -0.450. The first-order valence-corrected chi connectivity index (χ1v) is 3.23. The van der Waals surface area contributed by atoms with Gasteiger partial charge >= 0.3 is 5.97 Å². The zero-order valence-corrected chi connectivity index (χ0v) is 8.68. The number of likely N-dealkylation sites (N-methyl/N-ethyl adjacent to an activating group) is 1. The van der Waals surface area contributed by atoms with Crippen LogP contribution in [-0.4, -0.2) is 38.8 Å². The maximum atomic E-state index is 11.0. The summed E-state index contributed by atoms with van der Waals surface area (Å²) in [4.78, 5) is 11.0. The van der Waals surface area contributed by atoms with Crippen molar-refractivity contribution in [1.82, 2.24) is 10.6 Å². The van der Waals surface area contributed by atoms with Gasteiger partial charge in [0, 0.05) is 13.1 Å². The molecule has 0 atom stereocenters. The van der Waals surface area contributed by atoms with Gasteiger partial charge in [-0.1, -0.05) is 0 Å². The lowest BCUT2D eigenvalue weighted by atomic mass is 9.93. The number of ether oxygens (including phenoxy) is 1. The van der Waals surface area contributed by atoms with E-state index < -0.39 is 5.54 Å². The first-order valence-electron chi connectivity index (χ1n) is 3.23. The van der Waals surface area contributed by atoms with E-state index in [1.165, 1.54) is 7.11 Å². The van der Waals surface area contributed by atoms with E-state index in [1.807, 2.05) is 0 Å². The van der Waals surface area contributed by atoms with E-state index in [-0.39, 0.29) is 30.8 Å². The Labute approximate surface area is 84.2 Å². The zero-order valence-electron chi connectivity index (χ0n) is 7.05. The van der Waals surface area contributed by atoms with Gasteiger partial charge in [0.1, 0.15) is 5.54 Å². The third kappa shape index (κ3) is 2.23. The molecule has 0 radical (unpaired) electrons. The molecule has 2 N–H and O–H groups in total. The van der Waals surface area contributed by atoms with Gasteiger partial charge in [0.2, 0.25) is 0 Å². The van der Waals surface area contributed by atoms with Crippen LogP contribution in [-0.2, 0) is 9.53 Å². The highest BCUT2D eigenvalue weighted by Gasteiger charge is 2.43. The molecule has 6 heteroatoms. The molecule has 0 saturated carbocycles. The van der Waals surface area contributed by atoms with Gasteiger partial charge in [0.05, 0.1) is 7.11 Å². The fourth-order valence-corrected chi connectivity index (χ4v) is 0.994. The Morgan fingerprint density at radius 1 is 1.50 bits per heavy atom. The monoisotopic (exact) mass is 216 g/mol. The Kier molecular flexibility index (Phi) is 6.75. The molecule has 0 bridgehead atoms. The summed E-state index contributed by atoms with van der Waals surface area (Å²) >= 11 is 0. The van der Waals surface area contributed by atoms with Gasteiger partial charge in [0.15, 0.2) is 0 Å². The van der Waals surface area contributed by atoms with Crippen molar-refractivity contribution >= 4 is 30.8 Å². The molecule has 0 aromatic rings. The van der Waals surface area contributed by atoms with Crippen LogP contribution in [0.2, 0.25) is 0 Å². The second kappa shape index (κ2) is 5.59. The molecule has 0 aromatic heterocycles. The fraction of sp³-hybridized carbons (Fsp3) is 0.833. The summed E-state index contributed by atoms with van der Waals surface area (Å²) in [5.74, 6) is -0.186. The number of carbonyl (C=O) groups is 1. The molecule has 4 nitrogen and oxygen atoms in total. The number of hydrogen-bond acceptors (Lipinski definition) is 4. The van der Waals surface area contributed by atoms with Crippen LogP contribution >= 0.6 is 24.8 Å². The van der Waals surface area contributed by atoms with Crippen LogP contribution in [0.25, 0.3) is 0 Å². The number of carbonyl (C=O) groups excluding carboxylic acids is 1. The maximum absolute atomic E-state index is 11.0. The molecule has 0 unspecified atom stereocenters. The Morgan fingerprint density at radius 3 is 2.08 bits per heavy atom. The Bertz CT molecular complexity index is 145. The molecule has 1 aliphatic rings. The number of hydrogen-bond donors (Lipinski definition) is 2. The van der Waals surface area contributed by atoms with Crippen LogP contribution in [0.3, 0.4) is 0 Å². The van der Waals surface area contributed by atoms with Crippen LogP contribution in [0.4, 0.5) is 0 Å². The Balaban J connectivity index is 0. The molecule has 1 aliphatic heterocycles. The lowest BCUT2D eigenvalue weighted by molar-refractivity contribution is -0.150. The smallest absolute Gasteiger partial charge is 0.328 e. The second-order valence-electron chi connectivity index (χ2n) is 2.43. The van der Waals surface area contributed by atoms with Crippen LogP contribution < -0.4 is 10.6 Å². The third-order valence-corrected chi connectivity index (χ3v) is 1.91. The minimum absolute atomic E-state index is 0. The van der Waals surface area contributed by atoms with Crippen molar-refractivity contribution in [2.24, 2.45) is 0 Å². The average Bonchev–Trinajstić information content (AvgIpc) is 1.86. The summed E-state index contributed by atoms with van der Waals surface area (Å²) in [6.07, 6.45) is 0. The van der Waals surface area contributed by atoms with Gasteiger partial charge in [0.25, 0.3) is 0 Å². The normalized spacial score (nSPS) is 17.8. The Hall–Kier alpha value is -0.0300. The lowest BCUT2D eigenvalue weighted by Gasteiger charge is -2.39. The minimum atomic E-state index is -0.450. The van der Waals surface area contributed by atoms with E-state index in [0.717, 1.165) is 0 Å². The summed E-state index contributed by atoms with van der Waals surface area (Å²) in [6.45, 7) is 1.33. The molecule has 12 heavy (non-hydrogen) atoms. The number of methoxy groups -OCH3 is 1. The van der Waals surface area contributed by atoms with Crippen molar-refractivity contribution in [3.8, 4) is 0 Å². The zero-order chi connectivity index (χ0) is 7.61. The second-order valence-corrected chi connectivity index (χ2v) is 2.43. The number of nitrogens with one attached hydrogen (secondary N) is 2. The van der Waals surface area contributed by atoms with E-state index in [2.05, 4.69) is 15.4 Å². The van der Waals surface area contributed by atoms with Gasteiger partial charge in [-0.2, -0.15) is 0 Å². The van der Waals surface area contributed by atoms with E-state index in [9.17, 15) is 4.79 Å². The molecular formula is C6H14Cl2N2O2. The highest BCUT2D eigenvalue weighted by atomic mass is 35.5. The largest absolute Gasteiger partial charge is 0.468 e. The fourth-order valence-electron chi connectivity index (χ4n) is 0.994. The quantitative estimate of drug-likeness (QED) is 0.616. The van der Waals surface area contributed by atoms with Crippen LogP contribution in [0, 0.1) is 0 Å². The lowest BCUT2D eigenvalue weighted by Crippen LogP contribution is -2.71. The molecule has 0 aliphatic carbocycles. The van der Waals surface area contributed by atoms with E-state index in [1.54, 1.807) is 7.05 Å². The standard InChI is InChI=1S/C6H12N2O2.2ClH/c1-7-6(3-8-4-6)5(9)10-2;;/h7-8H,3-4H2,1-2H3;2*1H. The molecule has 0 spiro atoms. The molecule has 0 aromatic carbocycles. The predicted octanol–water partition coefficient (Wildman–Crippen LogP) is -0.436. The van der Waals surface area contributed by atoms with Gasteiger partial charge in [-0.25, -0.2) is 4.79 Å². The molecular weight excluding hydrogens is 203 g/mol. The van der Waals surface area contributed by atoms with Crippen molar-refractivity contribution in [3.63, 3.8) is 0 Å². The molecule has 0 amide bonds. The first kappa shape index (κ1) is 14.5. The summed E-state index contributed by atoms with van der Waals surface area (Å²) in [7, 11) is 3.16. The predicted molar refractivity (Wildman–Crippen MR) is 51.2 cm³/mol. The highest BCUT2D eigenvalue weighted by molar-refractivity contribution is 5.85. The van der Waals surface area contributed by atoms with Crippen LogP contribution in [0.15, 0.2) is 0 Å². The van der Waals surface area contributed by atoms with Gasteiger partial charge < -0.3 is 15.4 Å². The van der Waals surface area contributed by atoms with Crippen molar-refractivity contribution < 1.29 is 9.53 Å². The topological polar surface area (TPSA) is 50.4 Å².